The molecule has 2 atom stereocenters. The van der Waals surface area contributed by atoms with E-state index in [0.717, 1.165) is 24.5 Å². The normalized spacial score (nSPS) is 22.8. The van der Waals surface area contributed by atoms with Gasteiger partial charge in [0.1, 0.15) is 24.5 Å². The summed E-state index contributed by atoms with van der Waals surface area (Å²) in [5.74, 6) is 0.467. The van der Waals surface area contributed by atoms with Crippen molar-refractivity contribution in [1.82, 2.24) is 5.32 Å². The molecule has 158 valence electrons. The number of hydrogen-bond acceptors (Lipinski definition) is 6. The van der Waals surface area contributed by atoms with Crippen molar-refractivity contribution in [3.63, 3.8) is 0 Å². The molecule has 0 bridgehead atoms. The van der Waals surface area contributed by atoms with E-state index >= 15 is 0 Å². The molecule has 4 heterocycles. The number of hydrogen-bond donors (Lipinski definition) is 1. The molecule has 0 aliphatic carbocycles. The number of nitrogens with one attached hydrogen (secondary N) is 1. The average molecular weight is 448 g/mol. The Morgan fingerprint density at radius 2 is 2.03 bits per heavy atom. The van der Waals surface area contributed by atoms with Gasteiger partial charge in [-0.05, 0) is 43.5 Å². The first-order valence-electron chi connectivity index (χ1n) is 10.2. The highest BCUT2D eigenvalue weighted by Crippen LogP contribution is 2.41. The Hall–Kier alpha value is -2.45. The molecule has 0 unspecified atom stereocenters. The fourth-order valence-corrected chi connectivity index (χ4v) is 5.22. The summed E-state index contributed by atoms with van der Waals surface area (Å²) in [5.41, 5.74) is 1.84. The summed E-state index contributed by atoms with van der Waals surface area (Å²) in [5, 5.41) is 2.83. The van der Waals surface area contributed by atoms with Crippen LogP contribution in [0.1, 0.15) is 28.9 Å². The quantitative estimate of drug-likeness (QED) is 0.769. The number of thiophene rings is 1. The van der Waals surface area contributed by atoms with E-state index in [2.05, 4.69) is 10.2 Å². The number of fused-ring (bicyclic) bond motifs is 3. The van der Waals surface area contributed by atoms with Crippen molar-refractivity contribution in [3.8, 4) is 5.75 Å². The number of amides is 2. The fraction of sp³-hybridized carbons (Fsp3) is 0.429. The molecule has 7 nitrogen and oxygen atoms in total. The molecular formula is C21H22ClN3O4S. The summed E-state index contributed by atoms with van der Waals surface area (Å²) in [6.45, 7) is 2.63. The highest BCUT2D eigenvalue weighted by molar-refractivity contribution is 7.18. The van der Waals surface area contributed by atoms with E-state index in [-0.39, 0.29) is 18.5 Å². The second-order valence-corrected chi connectivity index (χ2v) is 9.40. The number of benzene rings is 1. The lowest BCUT2D eigenvalue weighted by atomic mass is 10.1. The van der Waals surface area contributed by atoms with Crippen LogP contribution in [0.25, 0.3) is 0 Å². The number of halogens is 1. The van der Waals surface area contributed by atoms with Gasteiger partial charge in [-0.3, -0.25) is 9.69 Å². The molecule has 2 amide bonds. The number of carbonyl (C=O) groups is 2. The minimum atomic E-state index is -0.480. The van der Waals surface area contributed by atoms with Crippen molar-refractivity contribution in [3.05, 3.63) is 39.5 Å². The molecule has 1 aromatic carbocycles. The van der Waals surface area contributed by atoms with Gasteiger partial charge in [0.05, 0.1) is 21.4 Å². The maximum absolute atomic E-state index is 12.6. The zero-order valence-corrected chi connectivity index (χ0v) is 17.9. The third-order valence-electron chi connectivity index (χ3n) is 5.80. The van der Waals surface area contributed by atoms with Gasteiger partial charge in [-0.25, -0.2) is 4.79 Å². The largest absolute Gasteiger partial charge is 0.489 e. The van der Waals surface area contributed by atoms with Gasteiger partial charge < -0.3 is 19.7 Å². The molecule has 3 aliphatic heterocycles. The highest BCUT2D eigenvalue weighted by Gasteiger charge is 2.46. The topological polar surface area (TPSA) is 71.1 Å². The molecule has 0 radical (unpaired) electrons. The first kappa shape index (κ1) is 19.5. The number of nitrogens with zero attached hydrogens (tertiary/aromatic N) is 2. The molecule has 9 heteroatoms. The number of cyclic esters (lactones) is 1. The van der Waals surface area contributed by atoms with Gasteiger partial charge in [0.2, 0.25) is 0 Å². The second kappa shape index (κ2) is 8.00. The van der Waals surface area contributed by atoms with E-state index < -0.39 is 12.2 Å². The standard InChI is InChI=1S/C21H22ClN3O4S/c22-19-7-6-18(30-19)20(26)23-11-17-15-12-28-16-10-13(24-8-2-1-3-9-24)4-5-14(16)25(15)21(27)29-17/h4-7,10,15,17H,1-3,8-9,11-12H2,(H,23,26)/t15-,17-/m0/s1. The van der Waals surface area contributed by atoms with Crippen LogP contribution in [0.15, 0.2) is 30.3 Å². The first-order valence-corrected chi connectivity index (χ1v) is 11.3. The van der Waals surface area contributed by atoms with Crippen molar-refractivity contribution < 1.29 is 19.1 Å². The van der Waals surface area contributed by atoms with E-state index in [0.29, 0.717) is 21.6 Å². The molecule has 0 saturated carbocycles. The zero-order valence-electron chi connectivity index (χ0n) is 16.3. The molecule has 2 aromatic rings. The molecule has 30 heavy (non-hydrogen) atoms. The van der Waals surface area contributed by atoms with Gasteiger partial charge in [0, 0.05) is 24.8 Å². The summed E-state index contributed by atoms with van der Waals surface area (Å²) in [6.07, 6.45) is 2.78. The van der Waals surface area contributed by atoms with Crippen molar-refractivity contribution in [2.75, 3.05) is 36.0 Å². The van der Waals surface area contributed by atoms with Crippen LogP contribution in [-0.2, 0) is 4.74 Å². The molecular weight excluding hydrogens is 426 g/mol. The van der Waals surface area contributed by atoms with Gasteiger partial charge in [0.25, 0.3) is 5.91 Å². The van der Waals surface area contributed by atoms with Crippen LogP contribution in [0.5, 0.6) is 5.75 Å². The maximum atomic E-state index is 12.6. The molecule has 0 spiro atoms. The van der Waals surface area contributed by atoms with Crippen LogP contribution in [0.4, 0.5) is 16.2 Å². The van der Waals surface area contributed by atoms with Crippen LogP contribution >= 0.6 is 22.9 Å². The average Bonchev–Trinajstić information content (AvgIpc) is 3.35. The number of carbonyl (C=O) groups excluding carboxylic acids is 2. The minimum absolute atomic E-state index is 0.214. The van der Waals surface area contributed by atoms with Crippen LogP contribution < -0.4 is 19.9 Å². The Bertz CT molecular complexity index is 975. The summed E-state index contributed by atoms with van der Waals surface area (Å²) in [7, 11) is 0. The van der Waals surface area contributed by atoms with Gasteiger partial charge in [-0.1, -0.05) is 11.6 Å². The minimum Gasteiger partial charge on any atom is -0.489 e. The van der Waals surface area contributed by atoms with Crippen LogP contribution in [0.3, 0.4) is 0 Å². The Morgan fingerprint density at radius 1 is 1.20 bits per heavy atom. The summed E-state index contributed by atoms with van der Waals surface area (Å²) in [6, 6.07) is 9.07. The zero-order chi connectivity index (χ0) is 20.7. The maximum Gasteiger partial charge on any atom is 0.415 e. The van der Waals surface area contributed by atoms with Crippen LogP contribution in [0, 0.1) is 0 Å². The van der Waals surface area contributed by atoms with Gasteiger partial charge >= 0.3 is 6.09 Å². The predicted molar refractivity (Wildman–Crippen MR) is 116 cm³/mol. The summed E-state index contributed by atoms with van der Waals surface area (Å²) in [4.78, 5) is 29.4. The van der Waals surface area contributed by atoms with E-state index in [1.54, 1.807) is 17.0 Å². The molecule has 2 saturated heterocycles. The number of anilines is 2. The van der Waals surface area contributed by atoms with Gasteiger partial charge in [-0.2, -0.15) is 0 Å². The SMILES string of the molecule is O=C(NC[C@@H]1OC(=O)N2c3ccc(N4CCCCC4)cc3OC[C@@H]12)c1ccc(Cl)s1. The van der Waals surface area contributed by atoms with Crippen molar-refractivity contribution in [2.45, 2.75) is 31.4 Å². The lowest BCUT2D eigenvalue weighted by Gasteiger charge is -2.33. The number of ether oxygens (including phenoxy) is 2. The Balaban J connectivity index is 1.29. The molecule has 1 N–H and O–H groups in total. The van der Waals surface area contributed by atoms with Crippen molar-refractivity contribution >= 4 is 46.3 Å². The van der Waals surface area contributed by atoms with Crippen molar-refractivity contribution in [1.29, 1.82) is 0 Å². The van der Waals surface area contributed by atoms with Crippen LogP contribution in [-0.4, -0.2) is 50.4 Å². The molecule has 5 rings (SSSR count). The molecule has 3 aliphatic rings. The van der Waals surface area contributed by atoms with E-state index in [1.165, 1.54) is 30.6 Å². The third-order valence-corrected chi connectivity index (χ3v) is 7.03. The Kier molecular flexibility index (Phi) is 5.20. The number of piperidine rings is 1. The van der Waals surface area contributed by atoms with Crippen molar-refractivity contribution in [2.24, 2.45) is 0 Å². The van der Waals surface area contributed by atoms with Gasteiger partial charge in [-0.15, -0.1) is 11.3 Å². The molecule has 2 fully saturated rings. The predicted octanol–water partition coefficient (Wildman–Crippen LogP) is 3.91. The monoisotopic (exact) mass is 447 g/mol. The lowest BCUT2D eigenvalue weighted by molar-refractivity contribution is 0.0890. The van der Waals surface area contributed by atoms with E-state index in [1.807, 2.05) is 18.2 Å². The van der Waals surface area contributed by atoms with E-state index in [9.17, 15) is 9.59 Å². The fourth-order valence-electron chi connectivity index (χ4n) is 4.26. The third kappa shape index (κ3) is 3.58. The Labute approximate surface area is 183 Å². The first-order chi connectivity index (χ1) is 14.6. The second-order valence-electron chi connectivity index (χ2n) is 7.68. The van der Waals surface area contributed by atoms with Gasteiger partial charge in [0.15, 0.2) is 0 Å². The summed E-state index contributed by atoms with van der Waals surface area (Å²) < 4.78 is 12.1. The highest BCUT2D eigenvalue weighted by atomic mass is 35.5. The number of rotatable bonds is 4. The lowest BCUT2D eigenvalue weighted by Crippen LogP contribution is -2.47. The Morgan fingerprint density at radius 3 is 2.80 bits per heavy atom. The summed E-state index contributed by atoms with van der Waals surface area (Å²) >= 11 is 7.11. The van der Waals surface area contributed by atoms with Crippen LogP contribution in [0.2, 0.25) is 4.34 Å². The molecule has 1 aromatic heterocycles. The van der Waals surface area contributed by atoms with E-state index in [4.69, 9.17) is 21.1 Å². The smallest absolute Gasteiger partial charge is 0.415 e.